The topological polar surface area (TPSA) is 54.0 Å². The van der Waals surface area contributed by atoms with E-state index < -0.39 is 5.92 Å². The molecule has 0 saturated heterocycles. The maximum absolute atomic E-state index is 11.9. The third kappa shape index (κ3) is 3.30. The monoisotopic (exact) mass is 268 g/mol. The lowest BCUT2D eigenvalue weighted by Gasteiger charge is -2.19. The molecule has 0 aliphatic heterocycles. The molecule has 0 heterocycles. The third-order valence-corrected chi connectivity index (χ3v) is 2.83. The van der Waals surface area contributed by atoms with Crippen LogP contribution in [0.5, 0.6) is 17.2 Å². The highest BCUT2D eigenvalue weighted by Crippen LogP contribution is 2.39. The Labute approximate surface area is 113 Å². The predicted octanol–water partition coefficient (Wildman–Crippen LogP) is 2.38. The lowest BCUT2D eigenvalue weighted by molar-refractivity contribution is -0.144. The first-order valence-corrected chi connectivity index (χ1v) is 6.05. The van der Waals surface area contributed by atoms with Gasteiger partial charge in [0.1, 0.15) is 17.2 Å². The van der Waals surface area contributed by atoms with Crippen LogP contribution in [-0.2, 0) is 9.53 Å². The van der Waals surface area contributed by atoms with Crippen molar-refractivity contribution in [2.24, 2.45) is 0 Å². The van der Waals surface area contributed by atoms with Gasteiger partial charge in [0.25, 0.3) is 0 Å². The predicted molar refractivity (Wildman–Crippen MR) is 71.1 cm³/mol. The molecule has 1 unspecified atom stereocenters. The van der Waals surface area contributed by atoms with E-state index in [-0.39, 0.29) is 5.97 Å². The number of ether oxygens (including phenoxy) is 4. The van der Waals surface area contributed by atoms with Crippen molar-refractivity contribution in [3.63, 3.8) is 0 Å². The average Bonchev–Trinajstić information content (AvgIpc) is 2.44. The number of esters is 1. The Bertz CT molecular complexity index is 416. The minimum Gasteiger partial charge on any atom is -0.496 e. The highest BCUT2D eigenvalue weighted by atomic mass is 16.5. The molecule has 0 bridgehead atoms. The van der Waals surface area contributed by atoms with Gasteiger partial charge in [0.05, 0.1) is 39.4 Å². The van der Waals surface area contributed by atoms with Gasteiger partial charge in [-0.05, 0) is 13.8 Å². The van der Waals surface area contributed by atoms with Crippen molar-refractivity contribution in [1.29, 1.82) is 0 Å². The van der Waals surface area contributed by atoms with E-state index in [0.717, 1.165) is 0 Å². The fraction of sp³-hybridized carbons (Fsp3) is 0.500. The molecule has 1 aromatic carbocycles. The van der Waals surface area contributed by atoms with Crippen molar-refractivity contribution < 1.29 is 23.7 Å². The molecule has 0 radical (unpaired) electrons. The van der Waals surface area contributed by atoms with Crippen LogP contribution in [0.2, 0.25) is 0 Å². The van der Waals surface area contributed by atoms with Crippen molar-refractivity contribution in [2.45, 2.75) is 19.8 Å². The van der Waals surface area contributed by atoms with Crippen LogP contribution in [0, 0.1) is 0 Å². The minimum absolute atomic E-state index is 0.315. The number of benzene rings is 1. The summed E-state index contributed by atoms with van der Waals surface area (Å²) in [7, 11) is 4.63. The average molecular weight is 268 g/mol. The normalized spacial score (nSPS) is 11.6. The first-order chi connectivity index (χ1) is 9.08. The second-order valence-corrected chi connectivity index (χ2v) is 3.92. The summed E-state index contributed by atoms with van der Waals surface area (Å²) in [6.45, 7) is 3.86. The van der Waals surface area contributed by atoms with E-state index >= 15 is 0 Å². The van der Waals surface area contributed by atoms with E-state index in [1.165, 1.54) is 14.2 Å². The summed E-state index contributed by atoms with van der Waals surface area (Å²) in [5, 5.41) is 0. The van der Waals surface area contributed by atoms with Gasteiger partial charge in [0.15, 0.2) is 0 Å². The number of carbonyl (C=O) groups is 1. The highest BCUT2D eigenvalue weighted by Gasteiger charge is 2.25. The molecule has 106 valence electrons. The molecular formula is C14H20O5. The van der Waals surface area contributed by atoms with Gasteiger partial charge in [0, 0.05) is 12.1 Å². The smallest absolute Gasteiger partial charge is 0.313 e. The molecule has 0 aliphatic rings. The van der Waals surface area contributed by atoms with Crippen LogP contribution in [0.25, 0.3) is 0 Å². The fourth-order valence-electron chi connectivity index (χ4n) is 1.84. The molecule has 19 heavy (non-hydrogen) atoms. The van der Waals surface area contributed by atoms with Gasteiger partial charge in [-0.25, -0.2) is 0 Å². The van der Waals surface area contributed by atoms with Crippen molar-refractivity contribution in [2.75, 3.05) is 27.9 Å². The molecule has 0 amide bonds. The standard InChI is InChI=1S/C14H20O5/c1-6-19-14(15)9(2)13-11(17-4)7-10(16-3)8-12(13)18-5/h7-9H,6H2,1-5H3. The van der Waals surface area contributed by atoms with Gasteiger partial charge in [-0.1, -0.05) is 0 Å². The van der Waals surface area contributed by atoms with Crippen LogP contribution in [-0.4, -0.2) is 33.9 Å². The molecule has 1 aromatic rings. The molecule has 0 N–H and O–H groups in total. The molecule has 1 rings (SSSR count). The summed E-state index contributed by atoms with van der Waals surface area (Å²) in [6.07, 6.45) is 0. The highest BCUT2D eigenvalue weighted by molar-refractivity contribution is 5.80. The van der Waals surface area contributed by atoms with Gasteiger partial charge in [-0.2, -0.15) is 0 Å². The molecule has 0 aromatic heterocycles. The molecule has 1 atom stereocenters. The lowest BCUT2D eigenvalue weighted by atomic mass is 9.98. The van der Waals surface area contributed by atoms with E-state index in [9.17, 15) is 4.79 Å². The fourth-order valence-corrected chi connectivity index (χ4v) is 1.84. The van der Waals surface area contributed by atoms with Crippen molar-refractivity contribution >= 4 is 5.97 Å². The van der Waals surface area contributed by atoms with Gasteiger partial charge >= 0.3 is 5.97 Å². The number of hydrogen-bond donors (Lipinski definition) is 0. The summed E-state index contributed by atoms with van der Waals surface area (Å²) in [4.78, 5) is 11.9. The SMILES string of the molecule is CCOC(=O)C(C)c1c(OC)cc(OC)cc1OC. The molecule has 5 nitrogen and oxygen atoms in total. The van der Waals surface area contributed by atoms with Crippen LogP contribution >= 0.6 is 0 Å². The van der Waals surface area contributed by atoms with Crippen molar-refractivity contribution in [3.8, 4) is 17.2 Å². The van der Waals surface area contributed by atoms with Crippen LogP contribution in [0.15, 0.2) is 12.1 Å². The van der Waals surface area contributed by atoms with E-state index in [1.54, 1.807) is 33.1 Å². The quantitative estimate of drug-likeness (QED) is 0.741. The molecule has 0 fully saturated rings. The molecule has 0 saturated carbocycles. The summed E-state index contributed by atoms with van der Waals surface area (Å²) >= 11 is 0. The van der Waals surface area contributed by atoms with Crippen molar-refractivity contribution in [1.82, 2.24) is 0 Å². The maximum atomic E-state index is 11.9. The zero-order valence-corrected chi connectivity index (χ0v) is 12.0. The van der Waals surface area contributed by atoms with E-state index in [2.05, 4.69) is 0 Å². The maximum Gasteiger partial charge on any atom is 0.313 e. The summed E-state index contributed by atoms with van der Waals surface area (Å²) in [5.41, 5.74) is 0.657. The molecule has 0 spiro atoms. The zero-order chi connectivity index (χ0) is 14.4. The van der Waals surface area contributed by atoms with Crippen LogP contribution < -0.4 is 14.2 Å². The largest absolute Gasteiger partial charge is 0.496 e. The number of methoxy groups -OCH3 is 3. The van der Waals surface area contributed by atoms with E-state index in [0.29, 0.717) is 29.4 Å². The van der Waals surface area contributed by atoms with Gasteiger partial charge in [-0.15, -0.1) is 0 Å². The second-order valence-electron chi connectivity index (χ2n) is 3.92. The van der Waals surface area contributed by atoms with Crippen molar-refractivity contribution in [3.05, 3.63) is 17.7 Å². The van der Waals surface area contributed by atoms with E-state index in [4.69, 9.17) is 18.9 Å². The van der Waals surface area contributed by atoms with Crippen LogP contribution in [0.4, 0.5) is 0 Å². The number of carbonyl (C=O) groups excluding carboxylic acids is 1. The Morgan fingerprint density at radius 3 is 2.00 bits per heavy atom. The van der Waals surface area contributed by atoms with Gasteiger partial charge in [0.2, 0.25) is 0 Å². The van der Waals surface area contributed by atoms with Gasteiger partial charge in [-0.3, -0.25) is 4.79 Å². The number of hydrogen-bond acceptors (Lipinski definition) is 5. The second kappa shape index (κ2) is 6.87. The first kappa shape index (κ1) is 15.1. The number of rotatable bonds is 6. The van der Waals surface area contributed by atoms with Gasteiger partial charge < -0.3 is 18.9 Å². The Balaban J connectivity index is 3.27. The Kier molecular flexibility index (Phi) is 5.48. The molecule has 5 heteroatoms. The van der Waals surface area contributed by atoms with Crippen LogP contribution in [0.3, 0.4) is 0 Å². The molecule has 0 aliphatic carbocycles. The zero-order valence-electron chi connectivity index (χ0n) is 12.0. The Morgan fingerprint density at radius 2 is 1.63 bits per heavy atom. The Hall–Kier alpha value is -1.91. The van der Waals surface area contributed by atoms with E-state index in [1.807, 2.05) is 0 Å². The summed E-state index contributed by atoms with van der Waals surface area (Å²) in [6, 6.07) is 3.43. The summed E-state index contributed by atoms with van der Waals surface area (Å²) in [5.74, 6) is 0.891. The lowest BCUT2D eigenvalue weighted by Crippen LogP contribution is -2.15. The Morgan fingerprint density at radius 1 is 1.11 bits per heavy atom. The minimum atomic E-state index is -0.476. The molecular weight excluding hydrogens is 248 g/mol. The first-order valence-electron chi connectivity index (χ1n) is 6.05. The van der Waals surface area contributed by atoms with Crippen LogP contribution in [0.1, 0.15) is 25.3 Å². The summed E-state index contributed by atoms with van der Waals surface area (Å²) < 4.78 is 20.8. The third-order valence-electron chi connectivity index (χ3n) is 2.83.